The first-order valence-electron chi connectivity index (χ1n) is 8.79. The number of aromatic nitrogens is 2. The van der Waals surface area contributed by atoms with Crippen LogP contribution in [0.5, 0.6) is 0 Å². The molecule has 0 atom stereocenters. The van der Waals surface area contributed by atoms with Gasteiger partial charge < -0.3 is 10.1 Å². The third-order valence-corrected chi connectivity index (χ3v) is 3.73. The van der Waals surface area contributed by atoms with E-state index in [1.54, 1.807) is 52.1 Å². The Morgan fingerprint density at radius 2 is 1.86 bits per heavy atom. The molecular formula is C19H24N4O5. The van der Waals surface area contributed by atoms with Crippen molar-refractivity contribution >= 4 is 28.8 Å². The van der Waals surface area contributed by atoms with Gasteiger partial charge in [-0.2, -0.15) is 0 Å². The molecule has 1 heterocycles. The van der Waals surface area contributed by atoms with Gasteiger partial charge >= 0.3 is 12.0 Å². The van der Waals surface area contributed by atoms with Gasteiger partial charge in [0.1, 0.15) is 5.82 Å². The number of nitrogens with one attached hydrogen (secondary N) is 2. The Hall–Kier alpha value is -3.23. The summed E-state index contributed by atoms with van der Waals surface area (Å²) in [6.45, 7) is 4.74. The zero-order chi connectivity index (χ0) is 20.9. The van der Waals surface area contributed by atoms with Gasteiger partial charge in [-0.1, -0.05) is 12.1 Å². The number of hydrogen-bond donors (Lipinski definition) is 2. The molecule has 0 aliphatic heterocycles. The highest BCUT2D eigenvalue weighted by Crippen LogP contribution is 2.08. The minimum atomic E-state index is -0.730. The monoisotopic (exact) mass is 388 g/mol. The summed E-state index contributed by atoms with van der Waals surface area (Å²) in [5.41, 5.74) is -0.138. The number of carbonyl (C=O) groups excluding carboxylic acids is 3. The molecule has 9 heteroatoms. The van der Waals surface area contributed by atoms with Crippen molar-refractivity contribution in [1.82, 2.24) is 20.2 Å². The van der Waals surface area contributed by atoms with Crippen LogP contribution in [0.15, 0.2) is 29.1 Å². The van der Waals surface area contributed by atoms with Crippen molar-refractivity contribution in [2.75, 3.05) is 6.61 Å². The van der Waals surface area contributed by atoms with E-state index in [1.807, 2.05) is 0 Å². The zero-order valence-electron chi connectivity index (χ0n) is 16.4. The molecule has 2 N–H and O–H groups in total. The molecule has 0 spiro atoms. The molecular weight excluding hydrogens is 364 g/mol. The van der Waals surface area contributed by atoms with E-state index in [2.05, 4.69) is 15.6 Å². The predicted molar refractivity (Wildman–Crippen MR) is 103 cm³/mol. The normalized spacial score (nSPS) is 11.1. The molecule has 2 rings (SSSR count). The highest BCUT2D eigenvalue weighted by atomic mass is 16.5. The summed E-state index contributed by atoms with van der Waals surface area (Å²) in [6, 6.07) is 6.29. The number of esters is 1. The summed E-state index contributed by atoms with van der Waals surface area (Å²) >= 11 is 0. The van der Waals surface area contributed by atoms with Crippen LogP contribution in [0.4, 0.5) is 4.79 Å². The third-order valence-electron chi connectivity index (χ3n) is 3.73. The van der Waals surface area contributed by atoms with Crippen LogP contribution in [0.25, 0.3) is 10.9 Å². The van der Waals surface area contributed by atoms with Crippen molar-refractivity contribution in [3.05, 3.63) is 40.4 Å². The predicted octanol–water partition coefficient (Wildman–Crippen LogP) is 1.03. The fourth-order valence-corrected chi connectivity index (χ4v) is 2.45. The standard InChI is InChI=1S/C19H24N4O5/c1-19(2,3)22-18(27)21-15(24)11-28-16(25)10-9-14-20-13-8-6-5-7-12(13)17(26)23(14)4/h5-8H,9-11H2,1-4H3,(H2,21,22,24,27). The zero-order valence-corrected chi connectivity index (χ0v) is 16.4. The topological polar surface area (TPSA) is 119 Å². The minimum absolute atomic E-state index is 0.0555. The van der Waals surface area contributed by atoms with Gasteiger partial charge in [-0.15, -0.1) is 0 Å². The van der Waals surface area contributed by atoms with Crippen LogP contribution < -0.4 is 16.2 Å². The van der Waals surface area contributed by atoms with Crippen LogP contribution in [0.3, 0.4) is 0 Å². The molecule has 3 amide bonds. The Bertz CT molecular complexity index is 959. The largest absolute Gasteiger partial charge is 0.456 e. The van der Waals surface area contributed by atoms with Crippen LogP contribution in [0.1, 0.15) is 33.0 Å². The number of carbonyl (C=O) groups is 3. The number of nitrogens with zero attached hydrogens (tertiary/aromatic N) is 2. The molecule has 0 bridgehead atoms. The van der Waals surface area contributed by atoms with Crippen molar-refractivity contribution in [3.8, 4) is 0 Å². The van der Waals surface area contributed by atoms with Crippen molar-refractivity contribution < 1.29 is 19.1 Å². The molecule has 0 fully saturated rings. The van der Waals surface area contributed by atoms with Gasteiger partial charge in [0.05, 0.1) is 17.3 Å². The lowest BCUT2D eigenvalue weighted by atomic mass is 10.1. The molecule has 1 aromatic heterocycles. The maximum Gasteiger partial charge on any atom is 0.321 e. The number of para-hydroxylation sites is 1. The van der Waals surface area contributed by atoms with E-state index in [4.69, 9.17) is 4.74 Å². The lowest BCUT2D eigenvalue weighted by molar-refractivity contribution is -0.148. The highest BCUT2D eigenvalue weighted by Gasteiger charge is 2.17. The first kappa shape index (κ1) is 21.1. The molecule has 0 saturated heterocycles. The number of ether oxygens (including phenoxy) is 1. The number of benzene rings is 1. The van der Waals surface area contributed by atoms with Gasteiger partial charge in [0.2, 0.25) is 0 Å². The lowest BCUT2D eigenvalue weighted by Crippen LogP contribution is -2.49. The van der Waals surface area contributed by atoms with Crippen LogP contribution in [-0.4, -0.2) is 39.6 Å². The Morgan fingerprint density at radius 3 is 2.54 bits per heavy atom. The quantitative estimate of drug-likeness (QED) is 0.739. The Kier molecular flexibility index (Phi) is 6.50. The van der Waals surface area contributed by atoms with E-state index in [0.29, 0.717) is 16.7 Å². The van der Waals surface area contributed by atoms with Crippen LogP contribution in [0, 0.1) is 0 Å². The second kappa shape index (κ2) is 8.64. The second-order valence-corrected chi connectivity index (χ2v) is 7.32. The van der Waals surface area contributed by atoms with Gasteiger partial charge in [0, 0.05) is 19.0 Å². The summed E-state index contributed by atoms with van der Waals surface area (Å²) in [5.74, 6) is -0.922. The molecule has 2 aromatic rings. The summed E-state index contributed by atoms with van der Waals surface area (Å²) in [7, 11) is 1.59. The molecule has 1 aromatic carbocycles. The fraction of sp³-hybridized carbons (Fsp3) is 0.421. The van der Waals surface area contributed by atoms with E-state index in [0.717, 1.165) is 0 Å². The number of imide groups is 1. The van der Waals surface area contributed by atoms with E-state index in [-0.39, 0.29) is 18.4 Å². The average molecular weight is 388 g/mol. The second-order valence-electron chi connectivity index (χ2n) is 7.32. The molecule has 9 nitrogen and oxygen atoms in total. The summed E-state index contributed by atoms with van der Waals surface area (Å²) in [5, 5.41) is 5.14. The van der Waals surface area contributed by atoms with Gasteiger partial charge in [-0.3, -0.25) is 24.3 Å². The fourth-order valence-electron chi connectivity index (χ4n) is 2.45. The number of rotatable bonds is 5. The first-order valence-corrected chi connectivity index (χ1v) is 8.79. The Balaban J connectivity index is 1.87. The molecule has 150 valence electrons. The first-order chi connectivity index (χ1) is 13.1. The molecule has 0 unspecified atom stereocenters. The number of amides is 3. The smallest absolute Gasteiger partial charge is 0.321 e. The molecule has 0 saturated carbocycles. The lowest BCUT2D eigenvalue weighted by Gasteiger charge is -2.20. The van der Waals surface area contributed by atoms with Gasteiger partial charge in [0.15, 0.2) is 6.61 Å². The van der Waals surface area contributed by atoms with Gasteiger partial charge in [0.25, 0.3) is 11.5 Å². The molecule has 0 radical (unpaired) electrons. The number of hydrogen-bond acceptors (Lipinski definition) is 6. The van der Waals surface area contributed by atoms with Crippen molar-refractivity contribution in [2.45, 2.75) is 39.2 Å². The number of fused-ring (bicyclic) bond motifs is 1. The Morgan fingerprint density at radius 1 is 1.18 bits per heavy atom. The Labute approximate surface area is 162 Å². The van der Waals surface area contributed by atoms with Crippen molar-refractivity contribution in [1.29, 1.82) is 0 Å². The highest BCUT2D eigenvalue weighted by molar-refractivity contribution is 5.95. The number of aryl methyl sites for hydroxylation is 1. The minimum Gasteiger partial charge on any atom is -0.456 e. The number of urea groups is 1. The maximum absolute atomic E-state index is 12.3. The van der Waals surface area contributed by atoms with E-state index < -0.39 is 30.1 Å². The van der Waals surface area contributed by atoms with Crippen LogP contribution in [0.2, 0.25) is 0 Å². The van der Waals surface area contributed by atoms with E-state index in [1.165, 1.54) is 4.57 Å². The van der Waals surface area contributed by atoms with Gasteiger partial charge in [-0.05, 0) is 32.9 Å². The average Bonchev–Trinajstić information content (AvgIpc) is 2.60. The van der Waals surface area contributed by atoms with Crippen molar-refractivity contribution in [3.63, 3.8) is 0 Å². The third kappa shape index (κ3) is 5.90. The molecule has 0 aliphatic rings. The van der Waals surface area contributed by atoms with Crippen LogP contribution in [-0.2, 0) is 27.8 Å². The van der Waals surface area contributed by atoms with E-state index in [9.17, 15) is 19.2 Å². The summed E-state index contributed by atoms with van der Waals surface area (Å²) < 4.78 is 6.26. The summed E-state index contributed by atoms with van der Waals surface area (Å²) in [4.78, 5) is 51.8. The maximum atomic E-state index is 12.3. The summed E-state index contributed by atoms with van der Waals surface area (Å²) in [6.07, 6.45) is 0.127. The van der Waals surface area contributed by atoms with E-state index >= 15 is 0 Å². The SMILES string of the molecule is Cn1c(CCC(=O)OCC(=O)NC(=O)NC(C)(C)C)nc2ccccc2c1=O. The van der Waals surface area contributed by atoms with Crippen LogP contribution >= 0.6 is 0 Å². The van der Waals surface area contributed by atoms with Crippen molar-refractivity contribution in [2.24, 2.45) is 7.05 Å². The molecule has 28 heavy (non-hydrogen) atoms. The molecule has 0 aliphatic carbocycles. The van der Waals surface area contributed by atoms with Gasteiger partial charge in [-0.25, -0.2) is 9.78 Å².